The lowest BCUT2D eigenvalue weighted by molar-refractivity contribution is -0.0315. The molecule has 7 rings (SSSR count). The molecular weight excluding hydrogens is 458 g/mol. The van der Waals surface area contributed by atoms with Crippen molar-refractivity contribution in [2.24, 2.45) is 28.6 Å². The number of esters is 1. The average Bonchev–Trinajstić information content (AvgIpc) is 3.49. The summed E-state index contributed by atoms with van der Waals surface area (Å²) in [4.78, 5) is 21.4. The summed E-state index contributed by atoms with van der Waals surface area (Å²) >= 11 is 0. The van der Waals surface area contributed by atoms with Crippen LogP contribution in [0.1, 0.15) is 69.2 Å². The number of rotatable bonds is 3. The molecule has 0 amide bonds. The van der Waals surface area contributed by atoms with Gasteiger partial charge < -0.3 is 9.30 Å². The third kappa shape index (κ3) is 3.46. The van der Waals surface area contributed by atoms with Gasteiger partial charge in [0.1, 0.15) is 12.4 Å². The Kier molecular flexibility index (Phi) is 5.21. The number of aromatic nitrogens is 3. The number of carbonyl (C=O) groups excluding carboxylic acids is 1. The van der Waals surface area contributed by atoms with Crippen molar-refractivity contribution >= 4 is 22.7 Å². The van der Waals surface area contributed by atoms with Gasteiger partial charge >= 0.3 is 5.97 Å². The number of nitrogens with zero attached hydrogens (tertiary/aromatic N) is 3. The molecule has 0 saturated heterocycles. The molecule has 0 aliphatic heterocycles. The van der Waals surface area contributed by atoms with E-state index in [1.54, 1.807) is 24.5 Å². The van der Waals surface area contributed by atoms with Gasteiger partial charge in [-0.05, 0) is 86.0 Å². The molecule has 5 nitrogen and oxygen atoms in total. The highest BCUT2D eigenvalue weighted by Gasteiger charge is 2.57. The first-order valence-electron chi connectivity index (χ1n) is 13.9. The molecule has 190 valence electrons. The molecule has 4 aliphatic rings. The van der Waals surface area contributed by atoms with Crippen molar-refractivity contribution in [2.75, 3.05) is 0 Å². The maximum atomic E-state index is 12.7. The summed E-state index contributed by atoms with van der Waals surface area (Å²) < 4.78 is 8.32. The summed E-state index contributed by atoms with van der Waals surface area (Å²) in [6.45, 7) is 5.02. The minimum absolute atomic E-state index is 0.0281. The van der Waals surface area contributed by atoms with Crippen LogP contribution in [0.3, 0.4) is 0 Å². The first-order valence-corrected chi connectivity index (χ1v) is 13.9. The van der Waals surface area contributed by atoms with Gasteiger partial charge in [0, 0.05) is 29.9 Å². The summed E-state index contributed by atoms with van der Waals surface area (Å²) in [5, 5.41) is 0. The van der Waals surface area contributed by atoms with Crippen molar-refractivity contribution in [1.82, 2.24) is 14.5 Å². The van der Waals surface area contributed by atoms with Gasteiger partial charge in [0.15, 0.2) is 0 Å². The van der Waals surface area contributed by atoms with E-state index in [1.165, 1.54) is 29.6 Å². The molecule has 2 aromatic heterocycles. The Hall–Kier alpha value is -3.21. The van der Waals surface area contributed by atoms with Crippen LogP contribution < -0.4 is 0 Å². The van der Waals surface area contributed by atoms with Crippen LogP contribution in [-0.2, 0) is 4.74 Å². The maximum Gasteiger partial charge on any atom is 0.338 e. The molecule has 2 saturated carbocycles. The highest BCUT2D eigenvalue weighted by molar-refractivity contribution is 5.89. The molecule has 0 bridgehead atoms. The standard InChI is InChI=1S/C32H35N3O2/c1-31-15-11-23(37-30(36)21-13-17-33-18-14-21)19-22(31)7-8-24-25-9-10-29(32(25,2)16-12-26(24)31)35-20-34-27-5-3-4-6-28(27)35/h3-7,10,13-14,17-18,20,23-26H,8-9,11-12,15-16,19H2,1-2H3/t23-,24?,25?,26?,31-,32-/m0/s1. The number of pyridine rings is 1. The number of hydrogen-bond donors (Lipinski definition) is 0. The van der Waals surface area contributed by atoms with Crippen LogP contribution >= 0.6 is 0 Å². The third-order valence-corrected chi connectivity index (χ3v) is 10.5. The first-order chi connectivity index (χ1) is 18.0. The van der Waals surface area contributed by atoms with Gasteiger partial charge in [0.05, 0.1) is 16.6 Å². The van der Waals surface area contributed by atoms with Crippen LogP contribution in [0.2, 0.25) is 0 Å². The molecule has 2 heterocycles. The second-order valence-electron chi connectivity index (χ2n) is 12.1. The minimum Gasteiger partial charge on any atom is -0.458 e. The van der Waals surface area contributed by atoms with Crippen molar-refractivity contribution < 1.29 is 9.53 Å². The molecular formula is C32H35N3O2. The Morgan fingerprint density at radius 2 is 1.78 bits per heavy atom. The van der Waals surface area contributed by atoms with E-state index in [9.17, 15) is 4.79 Å². The number of fused-ring (bicyclic) bond motifs is 6. The Labute approximate surface area is 218 Å². The van der Waals surface area contributed by atoms with Crippen molar-refractivity contribution in [1.29, 1.82) is 0 Å². The molecule has 37 heavy (non-hydrogen) atoms. The van der Waals surface area contributed by atoms with Gasteiger partial charge in [-0.15, -0.1) is 0 Å². The van der Waals surface area contributed by atoms with Gasteiger partial charge in [-0.1, -0.05) is 43.7 Å². The second kappa shape index (κ2) is 8.41. The Morgan fingerprint density at radius 1 is 0.973 bits per heavy atom. The lowest BCUT2D eigenvalue weighted by atomic mass is 9.47. The Morgan fingerprint density at radius 3 is 2.65 bits per heavy atom. The zero-order valence-corrected chi connectivity index (χ0v) is 21.8. The molecule has 6 atom stereocenters. The molecule has 4 aliphatic carbocycles. The number of para-hydroxylation sites is 2. The molecule has 5 heteroatoms. The summed E-state index contributed by atoms with van der Waals surface area (Å²) in [5.41, 5.74) is 6.26. The summed E-state index contributed by atoms with van der Waals surface area (Å²) in [5.74, 6) is 1.84. The predicted molar refractivity (Wildman–Crippen MR) is 145 cm³/mol. The van der Waals surface area contributed by atoms with Crippen LogP contribution in [0, 0.1) is 28.6 Å². The molecule has 2 fully saturated rings. The lowest BCUT2D eigenvalue weighted by Gasteiger charge is -2.57. The van der Waals surface area contributed by atoms with E-state index in [4.69, 9.17) is 9.72 Å². The third-order valence-electron chi connectivity index (χ3n) is 10.5. The van der Waals surface area contributed by atoms with E-state index in [2.05, 4.69) is 59.8 Å². The highest BCUT2D eigenvalue weighted by Crippen LogP contribution is 2.65. The van der Waals surface area contributed by atoms with E-state index < -0.39 is 0 Å². The first kappa shape index (κ1) is 22.9. The molecule has 0 radical (unpaired) electrons. The number of allylic oxidation sites excluding steroid dienone is 3. The van der Waals surface area contributed by atoms with Crippen LogP contribution in [0.25, 0.3) is 16.7 Å². The topological polar surface area (TPSA) is 57.0 Å². The summed E-state index contributed by atoms with van der Waals surface area (Å²) in [6.07, 6.45) is 18.1. The van der Waals surface area contributed by atoms with Crippen LogP contribution in [-0.4, -0.2) is 26.6 Å². The highest BCUT2D eigenvalue weighted by atomic mass is 16.5. The van der Waals surface area contributed by atoms with E-state index in [1.807, 2.05) is 6.33 Å². The normalized spacial score (nSPS) is 34.6. The Bertz CT molecular complexity index is 1420. The lowest BCUT2D eigenvalue weighted by Crippen LogP contribution is -2.50. The Balaban J connectivity index is 1.11. The van der Waals surface area contributed by atoms with Crippen molar-refractivity contribution in [3.8, 4) is 0 Å². The van der Waals surface area contributed by atoms with E-state index in [-0.39, 0.29) is 22.9 Å². The van der Waals surface area contributed by atoms with Crippen LogP contribution in [0.4, 0.5) is 0 Å². The zero-order valence-electron chi connectivity index (χ0n) is 21.8. The largest absolute Gasteiger partial charge is 0.458 e. The molecule has 3 unspecified atom stereocenters. The fourth-order valence-electron chi connectivity index (χ4n) is 8.50. The van der Waals surface area contributed by atoms with Gasteiger partial charge in [0.2, 0.25) is 0 Å². The smallest absolute Gasteiger partial charge is 0.338 e. The van der Waals surface area contributed by atoms with Gasteiger partial charge in [-0.25, -0.2) is 9.78 Å². The van der Waals surface area contributed by atoms with Gasteiger partial charge in [-0.3, -0.25) is 4.98 Å². The van der Waals surface area contributed by atoms with E-state index in [0.717, 1.165) is 37.6 Å². The maximum absolute atomic E-state index is 12.7. The second-order valence-corrected chi connectivity index (χ2v) is 12.1. The fraction of sp³-hybridized carbons (Fsp3) is 0.469. The summed E-state index contributed by atoms with van der Waals surface area (Å²) in [7, 11) is 0. The fourth-order valence-corrected chi connectivity index (χ4v) is 8.50. The van der Waals surface area contributed by atoms with Crippen molar-refractivity contribution in [3.63, 3.8) is 0 Å². The summed E-state index contributed by atoms with van der Waals surface area (Å²) in [6, 6.07) is 12.0. The van der Waals surface area contributed by atoms with Gasteiger partial charge in [0.25, 0.3) is 0 Å². The molecule has 1 aromatic carbocycles. The van der Waals surface area contributed by atoms with Crippen LogP contribution in [0.5, 0.6) is 0 Å². The minimum atomic E-state index is -0.227. The van der Waals surface area contributed by atoms with Crippen LogP contribution in [0.15, 0.2) is 72.8 Å². The number of hydrogen-bond acceptors (Lipinski definition) is 4. The van der Waals surface area contributed by atoms with Crippen molar-refractivity contribution in [3.05, 3.63) is 78.4 Å². The predicted octanol–water partition coefficient (Wildman–Crippen LogP) is 7.07. The quantitative estimate of drug-likeness (QED) is 0.289. The molecule has 0 spiro atoms. The monoisotopic (exact) mass is 493 g/mol. The number of imidazole rings is 1. The zero-order chi connectivity index (χ0) is 25.2. The number of ether oxygens (including phenoxy) is 1. The molecule has 0 N–H and O–H groups in total. The number of carbonyl (C=O) groups is 1. The molecule has 3 aromatic rings. The van der Waals surface area contributed by atoms with Gasteiger partial charge in [-0.2, -0.15) is 0 Å². The average molecular weight is 494 g/mol. The number of benzene rings is 1. The van der Waals surface area contributed by atoms with Crippen molar-refractivity contribution in [2.45, 2.75) is 64.9 Å². The van der Waals surface area contributed by atoms with E-state index >= 15 is 0 Å². The van der Waals surface area contributed by atoms with E-state index in [0.29, 0.717) is 23.3 Å². The SMILES string of the molecule is C[C@]12CC[C@H](OC(=O)c3ccncc3)CC1=CCC1C2CC[C@]2(C)C(n3cnc4ccccc43)=CCC12.